The van der Waals surface area contributed by atoms with Crippen LogP contribution in [0, 0.1) is 17.8 Å². The van der Waals surface area contributed by atoms with Crippen molar-refractivity contribution in [3.63, 3.8) is 0 Å². The third-order valence-electron chi connectivity index (χ3n) is 11.2. The Kier molecular flexibility index (Phi) is 23.9. The number of aliphatic hydroxyl groups is 3. The maximum Gasteiger partial charge on any atom is 0.309 e. The average molecular weight is 960 g/mol. The maximum atomic E-state index is 13.1. The van der Waals surface area contributed by atoms with Crippen LogP contribution in [0.2, 0.25) is 0 Å². The minimum atomic E-state index is -1.24. The van der Waals surface area contributed by atoms with E-state index in [1.807, 2.05) is 27.7 Å². The van der Waals surface area contributed by atoms with E-state index >= 15 is 0 Å². The summed E-state index contributed by atoms with van der Waals surface area (Å²) in [6.45, 7) is 21.6. The Labute approximate surface area is 344 Å². The molecule has 3 aliphatic heterocycles. The average Bonchev–Trinajstić information content (AvgIpc) is 3.09. The molecule has 3 heterocycles. The van der Waals surface area contributed by atoms with Crippen LogP contribution in [0.5, 0.6) is 0 Å². The Hall–Kier alpha value is -0.545. The molecule has 3 saturated heterocycles. The molecule has 12 nitrogen and oxygen atoms in total. The number of ether oxygens (including phenoxy) is 5. The van der Waals surface area contributed by atoms with Gasteiger partial charge in [-0.25, -0.2) is 0 Å². The minimum Gasteiger partial charge on any atom is -0.459 e. The van der Waals surface area contributed by atoms with Crippen LogP contribution in [0.15, 0.2) is 12.2 Å². The molecule has 13 heteroatoms. The molecule has 0 amide bonds. The molecule has 54 heavy (non-hydrogen) atoms. The number of rotatable bonds is 9. The standard InChI is InChI=1S/C27H49NO6.C8H16O4.C6H11O.Hg/c1-9-23-27(6,31)16-19(4)25(29)17(2)10-12-22(13-11-18(3)26(30)34-23)33-24-15-21(28(7)8)14-20(5)32-24;1-5-7(10)8(2,11-3)4-6(9)12-5;1-3-4-6(2)5-7;/h17-24,31H,9-16H2,1-8H3;5-7,9-10H,4H2,1-3H3;2-5H2,1H3;/q;;-1;+1/t17-,18?,19-,20?,21?,22+,23?,24?,27+;5?,6-,7+,8-;;/m11../s1. The molecule has 0 radical (unpaired) electrons. The molecule has 0 aromatic carbocycles. The van der Waals surface area contributed by atoms with Crippen LogP contribution in [0.4, 0.5) is 0 Å². The van der Waals surface area contributed by atoms with Gasteiger partial charge in [0.2, 0.25) is 0 Å². The number of carbonyl (C=O) groups is 2. The van der Waals surface area contributed by atoms with E-state index in [1.54, 1.807) is 20.8 Å². The van der Waals surface area contributed by atoms with E-state index in [2.05, 4.69) is 39.4 Å². The summed E-state index contributed by atoms with van der Waals surface area (Å²) < 4.78 is 33.5. The molecule has 3 rings (SSSR count). The van der Waals surface area contributed by atoms with Crippen LogP contribution >= 0.6 is 0 Å². The second-order valence-electron chi connectivity index (χ2n) is 16.7. The zero-order valence-electron chi connectivity index (χ0n) is 35.8. The predicted molar refractivity (Wildman–Crippen MR) is 205 cm³/mol. The Morgan fingerprint density at radius 1 is 0.944 bits per heavy atom. The number of hydrogen-bond donors (Lipinski definition) is 3. The molecular weight excluding hydrogens is 883 g/mol. The Balaban J connectivity index is 0.000000591. The van der Waals surface area contributed by atoms with Crippen molar-refractivity contribution in [1.82, 2.24) is 4.90 Å². The van der Waals surface area contributed by atoms with Gasteiger partial charge in [0.25, 0.3) is 0 Å². The molecule has 3 N–H and O–H groups in total. The molecule has 6 unspecified atom stereocenters. The molecule has 3 fully saturated rings. The van der Waals surface area contributed by atoms with Crippen molar-refractivity contribution in [3.8, 4) is 0 Å². The molecule has 0 aromatic rings. The molecule has 0 aliphatic carbocycles. The predicted octanol–water partition coefficient (Wildman–Crippen LogP) is 6.04. The third kappa shape index (κ3) is 17.5. The summed E-state index contributed by atoms with van der Waals surface area (Å²) in [4.78, 5) is 28.1. The van der Waals surface area contributed by atoms with Gasteiger partial charge in [-0.3, -0.25) is 9.59 Å². The van der Waals surface area contributed by atoms with Crippen LogP contribution in [-0.2, 0) is 62.5 Å². The maximum absolute atomic E-state index is 13.1. The summed E-state index contributed by atoms with van der Waals surface area (Å²) in [5, 5.41) is 30.0. The van der Waals surface area contributed by atoms with Crippen LogP contribution in [0.3, 0.4) is 0 Å². The van der Waals surface area contributed by atoms with Crippen molar-refractivity contribution >= 4 is 11.8 Å². The van der Waals surface area contributed by atoms with Crippen molar-refractivity contribution in [2.24, 2.45) is 17.8 Å². The topological polar surface area (TPSA) is 153 Å². The monoisotopic (exact) mass is 961 g/mol. The van der Waals surface area contributed by atoms with Gasteiger partial charge in [-0.15, -0.1) is 0 Å². The number of cyclic esters (lactones) is 1. The molecule has 0 aromatic heterocycles. The fourth-order valence-electron chi connectivity index (χ4n) is 7.56. The van der Waals surface area contributed by atoms with E-state index in [9.17, 15) is 24.9 Å². The molecule has 0 bridgehead atoms. The van der Waals surface area contributed by atoms with E-state index < -0.39 is 35.8 Å². The number of carbonyl (C=O) groups excluding carboxylic acids is 2. The van der Waals surface area contributed by atoms with Crippen molar-refractivity contribution < 1.29 is 77.8 Å². The van der Waals surface area contributed by atoms with Crippen molar-refractivity contribution in [2.75, 3.05) is 27.8 Å². The quantitative estimate of drug-likeness (QED) is 0.140. The number of nitrogens with zero attached hydrogens (tertiary/aromatic N) is 1. The SMILES string of the molecule is C=C(CCC)C[O][Hg].CCC1OC(=O)C(C)CC[C@@H](OC2CC(N(C)C)CC(C)O2)CC[C@@H](C)C(=O)[C@H](C)C[C@]1(C)O.CO[C@]1(C)C[C@H](O)OC(C)[C@@H]1O. The van der Waals surface area contributed by atoms with Crippen molar-refractivity contribution in [1.29, 1.82) is 0 Å². The van der Waals surface area contributed by atoms with Gasteiger partial charge in [0.15, 0.2) is 12.6 Å². The van der Waals surface area contributed by atoms with Gasteiger partial charge in [-0.05, 0) is 86.7 Å². The Morgan fingerprint density at radius 2 is 1.56 bits per heavy atom. The zero-order valence-corrected chi connectivity index (χ0v) is 41.3. The van der Waals surface area contributed by atoms with Crippen LogP contribution < -0.4 is 0 Å². The molecule has 0 saturated carbocycles. The summed E-state index contributed by atoms with van der Waals surface area (Å²) in [6, 6.07) is 0.404. The largest absolute Gasteiger partial charge is 0.459 e. The first-order valence-corrected chi connectivity index (χ1v) is 22.4. The second kappa shape index (κ2) is 25.1. The summed E-state index contributed by atoms with van der Waals surface area (Å²) in [5.41, 5.74) is -0.702. The van der Waals surface area contributed by atoms with Gasteiger partial charge in [-0.2, -0.15) is 0 Å². The van der Waals surface area contributed by atoms with Gasteiger partial charge in [0.1, 0.15) is 18.0 Å². The van der Waals surface area contributed by atoms with Gasteiger partial charge in [0, 0.05) is 37.8 Å². The van der Waals surface area contributed by atoms with Gasteiger partial charge in [0.05, 0.1) is 35.4 Å². The van der Waals surface area contributed by atoms with Gasteiger partial charge in [-0.1, -0.05) is 27.7 Å². The number of Topliss-reactive ketones (excluding diaryl/α,β-unsaturated/α-hetero) is 1. The van der Waals surface area contributed by atoms with Crippen molar-refractivity contribution in [3.05, 3.63) is 12.2 Å². The van der Waals surface area contributed by atoms with E-state index in [4.69, 9.17) is 26.3 Å². The fraction of sp³-hybridized carbons (Fsp3) is 0.902. The number of esters is 1. The zero-order chi connectivity index (χ0) is 41.4. The van der Waals surface area contributed by atoms with E-state index in [0.717, 1.165) is 32.3 Å². The summed E-state index contributed by atoms with van der Waals surface area (Å²) >= 11 is 0.488. The normalized spacial score (nSPS) is 38.6. The number of methoxy groups -OCH3 is 1. The number of aliphatic hydroxyl groups excluding tert-OH is 2. The summed E-state index contributed by atoms with van der Waals surface area (Å²) in [5.74, 6) is -0.899. The first kappa shape index (κ1) is 51.5. The van der Waals surface area contributed by atoms with Gasteiger partial charge >= 0.3 is 73.7 Å². The first-order chi connectivity index (χ1) is 25.1. The Bertz CT molecular complexity index is 1100. The molecule has 313 valence electrons. The van der Waals surface area contributed by atoms with E-state index in [1.165, 1.54) is 19.1 Å². The molecule has 3 aliphatic rings. The molecule has 13 atom stereocenters. The van der Waals surface area contributed by atoms with Crippen LogP contribution in [-0.4, -0.2) is 120 Å². The minimum absolute atomic E-state index is 0.0908. The van der Waals surface area contributed by atoms with E-state index in [-0.39, 0.29) is 54.4 Å². The van der Waals surface area contributed by atoms with Crippen LogP contribution in [0.25, 0.3) is 0 Å². The Morgan fingerprint density at radius 3 is 2.09 bits per heavy atom. The summed E-state index contributed by atoms with van der Waals surface area (Å²) in [6.07, 6.45) is 5.13. The van der Waals surface area contributed by atoms with E-state index in [0.29, 0.717) is 64.7 Å². The smallest absolute Gasteiger partial charge is 0.309 e. The first-order valence-electron chi connectivity index (χ1n) is 20.2. The number of ketones is 1. The second-order valence-corrected chi connectivity index (χ2v) is 18.3. The van der Waals surface area contributed by atoms with Crippen LogP contribution in [0.1, 0.15) is 133 Å². The molecule has 0 spiro atoms. The fourth-order valence-corrected chi connectivity index (χ4v) is 8.68. The third-order valence-corrected chi connectivity index (χ3v) is 12.0. The van der Waals surface area contributed by atoms with Gasteiger partial charge < -0.3 is 43.9 Å². The summed E-state index contributed by atoms with van der Waals surface area (Å²) in [7, 11) is 5.70. The number of hydrogen-bond acceptors (Lipinski definition) is 12. The molecular formula is C41H76HgNO11. The van der Waals surface area contributed by atoms with Crippen molar-refractivity contribution in [2.45, 2.75) is 193 Å².